The van der Waals surface area contributed by atoms with Crippen LogP contribution in [0.2, 0.25) is 0 Å². The van der Waals surface area contributed by atoms with Crippen LogP contribution in [-0.4, -0.2) is 82.9 Å². The number of aromatic amines is 1. The molecule has 6 aromatic rings. The lowest BCUT2D eigenvalue weighted by Gasteiger charge is -2.31. The Balaban J connectivity index is 0.747. The third-order valence-electron chi connectivity index (χ3n) is 11.8. The van der Waals surface area contributed by atoms with Gasteiger partial charge in [0.2, 0.25) is 17.4 Å². The number of likely N-dealkylation sites (tertiary alicyclic amines) is 1. The van der Waals surface area contributed by atoms with Crippen molar-refractivity contribution in [2.75, 3.05) is 38.0 Å². The number of rotatable bonds is 19. The molecule has 0 radical (unpaired) electrons. The summed E-state index contributed by atoms with van der Waals surface area (Å²) >= 11 is 0. The van der Waals surface area contributed by atoms with Gasteiger partial charge in [0.05, 0.1) is 23.7 Å². The number of para-hydroxylation sites is 1. The van der Waals surface area contributed by atoms with E-state index in [9.17, 15) is 29.4 Å². The summed E-state index contributed by atoms with van der Waals surface area (Å²) in [4.78, 5) is 54.9. The van der Waals surface area contributed by atoms with Gasteiger partial charge in [-0.2, -0.15) is 0 Å². The molecule has 1 fully saturated rings. The topological polar surface area (TPSA) is 185 Å². The zero-order chi connectivity index (χ0) is 45.5. The number of nitrogens with zero attached hydrogens (tertiary/aromatic N) is 1. The van der Waals surface area contributed by atoms with Crippen LogP contribution >= 0.6 is 0 Å². The van der Waals surface area contributed by atoms with Gasteiger partial charge in [-0.1, -0.05) is 103 Å². The second-order valence-corrected chi connectivity index (χ2v) is 16.7. The standard InChI is InChI=1S/C52H58N6O7/c1-35(54-34-47(60)43-18-20-46(59)51-44(43)19-21-49(62)57-51)30-39-9-7-8-36(31-39)22-26-53-50(63)32-37-14-16-38(17-15-37)33-55-48(61)25-29-58-27-23-41(24-28-58)65-52(64)56-45-13-6-5-12-42(45)40-10-3-2-4-11-40/h2-21,31,35,41,47,54,59-60H,22-30,32-34H2,1H3,(H,53,63)(H,55,61)(H,56,64)(H,57,62)/t35-,47-/m1/s1. The second-order valence-electron chi connectivity index (χ2n) is 16.7. The van der Waals surface area contributed by atoms with Gasteiger partial charge >= 0.3 is 6.09 Å². The highest BCUT2D eigenvalue weighted by Gasteiger charge is 2.23. The number of aromatic hydroxyl groups is 1. The summed E-state index contributed by atoms with van der Waals surface area (Å²) in [5.74, 6) is -0.136. The number of pyridine rings is 1. The van der Waals surface area contributed by atoms with Crippen LogP contribution in [0, 0.1) is 0 Å². The van der Waals surface area contributed by atoms with Crippen LogP contribution in [0.5, 0.6) is 5.75 Å². The Morgan fingerprint density at radius 1 is 0.800 bits per heavy atom. The number of hydrogen-bond acceptors (Lipinski definition) is 9. The number of H-pyrrole nitrogens is 1. The van der Waals surface area contributed by atoms with Crippen molar-refractivity contribution in [2.45, 2.75) is 70.2 Å². The number of benzene rings is 5. The number of aromatic nitrogens is 1. The van der Waals surface area contributed by atoms with E-state index < -0.39 is 12.2 Å². The maximum absolute atomic E-state index is 12.8. The van der Waals surface area contributed by atoms with Gasteiger partial charge in [-0.05, 0) is 84.2 Å². The molecule has 7 rings (SSSR count). The third kappa shape index (κ3) is 13.6. The smallest absolute Gasteiger partial charge is 0.411 e. The van der Waals surface area contributed by atoms with E-state index in [1.165, 1.54) is 12.1 Å². The average molecular weight is 879 g/mol. The number of hydrogen-bond donors (Lipinski definition) is 7. The Kier molecular flexibility index (Phi) is 16.1. The predicted molar refractivity (Wildman–Crippen MR) is 254 cm³/mol. The van der Waals surface area contributed by atoms with E-state index in [1.807, 2.05) is 91.0 Å². The summed E-state index contributed by atoms with van der Waals surface area (Å²) in [6.07, 6.45) is 1.98. The Morgan fingerprint density at radius 2 is 1.54 bits per heavy atom. The molecule has 0 saturated carbocycles. The largest absolute Gasteiger partial charge is 0.506 e. The molecule has 1 aliphatic heterocycles. The fourth-order valence-corrected chi connectivity index (χ4v) is 8.23. The van der Waals surface area contributed by atoms with Gasteiger partial charge in [0, 0.05) is 68.7 Å². The Hall–Kier alpha value is -6.80. The molecule has 13 heteroatoms. The summed E-state index contributed by atoms with van der Waals surface area (Å²) in [5.41, 5.74) is 7.35. The first-order valence-electron chi connectivity index (χ1n) is 22.4. The van der Waals surface area contributed by atoms with E-state index in [1.54, 1.807) is 12.1 Å². The fourth-order valence-electron chi connectivity index (χ4n) is 8.23. The number of carbonyl (C=O) groups excluding carboxylic acids is 3. The molecule has 13 nitrogen and oxygen atoms in total. The van der Waals surface area contributed by atoms with Crippen LogP contribution < -0.4 is 26.8 Å². The number of phenols is 1. The van der Waals surface area contributed by atoms with Gasteiger partial charge in [-0.3, -0.25) is 19.7 Å². The lowest BCUT2D eigenvalue weighted by Crippen LogP contribution is -2.40. The van der Waals surface area contributed by atoms with Gasteiger partial charge < -0.3 is 40.8 Å². The number of anilines is 1. The van der Waals surface area contributed by atoms with E-state index in [0.717, 1.165) is 52.9 Å². The molecule has 1 saturated heterocycles. The number of aliphatic hydroxyl groups excluding tert-OH is 1. The molecular formula is C52H58N6O7. The van der Waals surface area contributed by atoms with Crippen LogP contribution in [0.4, 0.5) is 10.5 Å². The van der Waals surface area contributed by atoms with Crippen LogP contribution in [0.1, 0.15) is 60.1 Å². The quantitative estimate of drug-likeness (QED) is 0.0461. The molecule has 2 atom stereocenters. The summed E-state index contributed by atoms with van der Waals surface area (Å²) in [5, 5.41) is 34.1. The van der Waals surface area contributed by atoms with E-state index in [4.69, 9.17) is 4.74 Å². The van der Waals surface area contributed by atoms with E-state index in [2.05, 4.69) is 50.2 Å². The lowest BCUT2D eigenvalue weighted by atomic mass is 10.0. The van der Waals surface area contributed by atoms with Crippen molar-refractivity contribution in [3.63, 3.8) is 0 Å². The molecule has 338 valence electrons. The van der Waals surface area contributed by atoms with E-state index >= 15 is 0 Å². The van der Waals surface area contributed by atoms with Crippen molar-refractivity contribution in [3.05, 3.63) is 166 Å². The molecular weight excluding hydrogens is 821 g/mol. The highest BCUT2D eigenvalue weighted by Crippen LogP contribution is 2.30. The van der Waals surface area contributed by atoms with Crippen LogP contribution in [-0.2, 0) is 40.1 Å². The molecule has 0 spiro atoms. The zero-order valence-electron chi connectivity index (χ0n) is 36.7. The molecule has 0 unspecified atom stereocenters. The molecule has 7 N–H and O–H groups in total. The number of amides is 3. The third-order valence-corrected chi connectivity index (χ3v) is 11.8. The zero-order valence-corrected chi connectivity index (χ0v) is 36.7. The summed E-state index contributed by atoms with van der Waals surface area (Å²) in [6.45, 7) is 5.38. The minimum absolute atomic E-state index is 0.0307. The fraction of sp³-hybridized carbons (Fsp3) is 0.308. The number of aliphatic hydroxyl groups is 1. The van der Waals surface area contributed by atoms with Crippen molar-refractivity contribution in [1.82, 2.24) is 25.8 Å². The van der Waals surface area contributed by atoms with Gasteiger partial charge in [0.25, 0.3) is 0 Å². The van der Waals surface area contributed by atoms with Gasteiger partial charge in [0.15, 0.2) is 0 Å². The maximum atomic E-state index is 12.8. The molecule has 5 aromatic carbocycles. The minimum Gasteiger partial charge on any atom is -0.506 e. The lowest BCUT2D eigenvalue weighted by molar-refractivity contribution is -0.122. The number of piperidine rings is 1. The van der Waals surface area contributed by atoms with Crippen LogP contribution in [0.25, 0.3) is 22.0 Å². The van der Waals surface area contributed by atoms with Crippen molar-refractivity contribution in [2.24, 2.45) is 0 Å². The number of ether oxygens (including phenoxy) is 1. The SMILES string of the molecule is C[C@H](Cc1cccc(CCNC(=O)Cc2ccc(CNC(=O)CCN3CCC(OC(=O)Nc4ccccc4-c4ccccc4)CC3)cc2)c1)NC[C@@H](O)c1ccc(O)c2[nH]c(=O)ccc12. The maximum Gasteiger partial charge on any atom is 0.411 e. The van der Waals surface area contributed by atoms with Crippen LogP contribution in [0.15, 0.2) is 132 Å². The molecule has 2 heterocycles. The normalized spacial score (nSPS) is 14.1. The Bertz CT molecular complexity index is 2590. The first kappa shape index (κ1) is 46.2. The average Bonchev–Trinajstić information content (AvgIpc) is 3.31. The summed E-state index contributed by atoms with van der Waals surface area (Å²) in [6, 6.07) is 39.7. The Morgan fingerprint density at radius 3 is 2.34 bits per heavy atom. The second kappa shape index (κ2) is 22.7. The van der Waals surface area contributed by atoms with Gasteiger partial charge in [0.1, 0.15) is 11.9 Å². The molecule has 0 bridgehead atoms. The van der Waals surface area contributed by atoms with Crippen molar-refractivity contribution in [1.29, 1.82) is 0 Å². The van der Waals surface area contributed by atoms with E-state index in [-0.39, 0.29) is 41.7 Å². The molecule has 3 amide bonds. The monoisotopic (exact) mass is 878 g/mol. The van der Waals surface area contributed by atoms with Gasteiger partial charge in [-0.15, -0.1) is 0 Å². The van der Waals surface area contributed by atoms with Crippen molar-refractivity contribution >= 4 is 34.5 Å². The molecule has 1 aromatic heterocycles. The van der Waals surface area contributed by atoms with Gasteiger partial charge in [-0.25, -0.2) is 4.79 Å². The van der Waals surface area contributed by atoms with Crippen molar-refractivity contribution in [3.8, 4) is 16.9 Å². The molecule has 1 aliphatic rings. The predicted octanol–water partition coefficient (Wildman–Crippen LogP) is 6.78. The number of carbonyl (C=O) groups is 3. The number of nitrogens with one attached hydrogen (secondary N) is 5. The summed E-state index contributed by atoms with van der Waals surface area (Å²) in [7, 11) is 0. The Labute approximate surface area is 379 Å². The van der Waals surface area contributed by atoms with E-state index in [0.29, 0.717) is 74.0 Å². The highest BCUT2D eigenvalue weighted by atomic mass is 16.6. The number of phenolic OH excluding ortho intramolecular Hbond substituents is 1. The first-order valence-corrected chi connectivity index (χ1v) is 22.4. The minimum atomic E-state index is -0.841. The first-order chi connectivity index (χ1) is 31.6. The highest BCUT2D eigenvalue weighted by molar-refractivity contribution is 5.91. The number of fused-ring (bicyclic) bond motifs is 1. The molecule has 65 heavy (non-hydrogen) atoms. The molecule has 0 aliphatic carbocycles. The van der Waals surface area contributed by atoms with Crippen molar-refractivity contribution < 1.29 is 29.3 Å². The summed E-state index contributed by atoms with van der Waals surface area (Å²) < 4.78 is 5.76. The van der Waals surface area contributed by atoms with Crippen LogP contribution in [0.3, 0.4) is 0 Å².